The molecule has 0 aliphatic carbocycles. The van der Waals surface area contributed by atoms with Crippen molar-refractivity contribution >= 4 is 23.9 Å². The molecule has 1 heterocycles. The number of aliphatic hydroxyl groups is 1. The summed E-state index contributed by atoms with van der Waals surface area (Å²) in [7, 11) is 3.16. The molecular formula is C28H29N3O6. The number of ether oxygens (including phenoxy) is 3. The van der Waals surface area contributed by atoms with Gasteiger partial charge in [0.05, 0.1) is 26.5 Å². The molecule has 2 aromatic carbocycles. The van der Waals surface area contributed by atoms with Crippen molar-refractivity contribution in [2.45, 2.75) is 19.9 Å². The lowest BCUT2D eigenvalue weighted by atomic mass is 10.0. The summed E-state index contributed by atoms with van der Waals surface area (Å²) in [6, 6.07) is 14.5. The van der Waals surface area contributed by atoms with Crippen LogP contribution in [0.5, 0.6) is 11.5 Å². The Balaban J connectivity index is 1.85. The zero-order chi connectivity index (χ0) is 26.6. The Morgan fingerprint density at radius 3 is 2.03 bits per heavy atom. The maximum Gasteiger partial charge on any atom is 0.327 e. The highest BCUT2D eigenvalue weighted by Gasteiger charge is 2.16. The second-order valence-corrected chi connectivity index (χ2v) is 7.83. The summed E-state index contributed by atoms with van der Waals surface area (Å²) >= 11 is 0. The quantitative estimate of drug-likeness (QED) is 0.169. The summed E-state index contributed by atoms with van der Waals surface area (Å²) in [5.74, 6) is 0.366. The average molecular weight is 504 g/mol. The number of rotatable bonds is 12. The lowest BCUT2D eigenvalue weighted by Crippen LogP contribution is -2.13. The van der Waals surface area contributed by atoms with Gasteiger partial charge in [-0.2, -0.15) is 0 Å². The van der Waals surface area contributed by atoms with Crippen LogP contribution in [0, 0.1) is 0 Å². The van der Waals surface area contributed by atoms with Gasteiger partial charge in [-0.3, -0.25) is 9.59 Å². The van der Waals surface area contributed by atoms with Gasteiger partial charge in [0.2, 0.25) is 0 Å². The molecule has 0 amide bonds. The predicted molar refractivity (Wildman–Crippen MR) is 139 cm³/mol. The standard InChI is InChI=1S/C28H29N3O6/c1-4-37-28(34)19-31-18-22(29-30-31)17-25(26(32)15-9-20-5-11-23(35-2)12-6-20)27(33)16-10-21-7-13-24(36-3)14-8-21/h5-16,18,32H,4,17,19H2,1-3H3/b15-9+,16-10+,26-25-. The number of aliphatic hydroxyl groups excluding tert-OH is 1. The van der Waals surface area contributed by atoms with Crippen LogP contribution in [0.2, 0.25) is 0 Å². The van der Waals surface area contributed by atoms with E-state index in [9.17, 15) is 14.7 Å². The number of ketones is 1. The molecule has 0 aliphatic rings. The smallest absolute Gasteiger partial charge is 0.327 e. The highest BCUT2D eigenvalue weighted by atomic mass is 16.5. The van der Waals surface area contributed by atoms with Gasteiger partial charge in [-0.05, 0) is 54.5 Å². The van der Waals surface area contributed by atoms with Gasteiger partial charge in [-0.25, -0.2) is 4.68 Å². The normalized spacial score (nSPS) is 12.0. The third kappa shape index (κ3) is 8.21. The number of carbonyl (C=O) groups is 2. The van der Waals surface area contributed by atoms with E-state index in [1.165, 1.54) is 23.0 Å². The Bertz CT molecular complexity index is 1290. The van der Waals surface area contributed by atoms with Gasteiger partial charge in [0.1, 0.15) is 23.8 Å². The first-order valence-corrected chi connectivity index (χ1v) is 11.6. The van der Waals surface area contributed by atoms with Crippen molar-refractivity contribution in [2.24, 2.45) is 0 Å². The first-order valence-electron chi connectivity index (χ1n) is 11.6. The molecule has 0 unspecified atom stereocenters. The van der Waals surface area contributed by atoms with Crippen LogP contribution in [0.1, 0.15) is 23.7 Å². The van der Waals surface area contributed by atoms with Crippen LogP contribution in [0.4, 0.5) is 0 Å². The molecule has 0 fully saturated rings. The van der Waals surface area contributed by atoms with Crippen LogP contribution in [0.3, 0.4) is 0 Å². The molecular weight excluding hydrogens is 474 g/mol. The molecule has 1 aromatic heterocycles. The van der Waals surface area contributed by atoms with Gasteiger partial charge in [-0.15, -0.1) is 5.10 Å². The molecule has 0 spiro atoms. The van der Waals surface area contributed by atoms with Gasteiger partial charge in [0, 0.05) is 18.2 Å². The van der Waals surface area contributed by atoms with Crippen molar-refractivity contribution in [3.63, 3.8) is 0 Å². The van der Waals surface area contributed by atoms with Gasteiger partial charge in [-0.1, -0.05) is 41.6 Å². The molecule has 0 bridgehead atoms. The largest absolute Gasteiger partial charge is 0.508 e. The van der Waals surface area contributed by atoms with Crippen molar-refractivity contribution in [3.05, 3.63) is 95.0 Å². The van der Waals surface area contributed by atoms with E-state index >= 15 is 0 Å². The fourth-order valence-electron chi connectivity index (χ4n) is 3.30. The number of hydrogen-bond acceptors (Lipinski definition) is 8. The van der Waals surface area contributed by atoms with Crippen molar-refractivity contribution in [2.75, 3.05) is 20.8 Å². The lowest BCUT2D eigenvalue weighted by molar-refractivity contribution is -0.144. The van der Waals surface area contributed by atoms with Crippen molar-refractivity contribution in [3.8, 4) is 11.5 Å². The molecule has 3 rings (SSSR count). The highest BCUT2D eigenvalue weighted by molar-refractivity contribution is 6.07. The topological polar surface area (TPSA) is 113 Å². The van der Waals surface area contributed by atoms with E-state index in [1.54, 1.807) is 57.6 Å². The first-order chi connectivity index (χ1) is 17.9. The third-order valence-electron chi connectivity index (χ3n) is 5.24. The number of methoxy groups -OCH3 is 2. The average Bonchev–Trinajstić information content (AvgIpc) is 3.36. The van der Waals surface area contributed by atoms with Crippen LogP contribution >= 0.6 is 0 Å². The van der Waals surface area contributed by atoms with E-state index in [-0.39, 0.29) is 30.9 Å². The number of nitrogens with zero attached hydrogens (tertiary/aromatic N) is 3. The zero-order valence-electron chi connectivity index (χ0n) is 21.0. The van der Waals surface area contributed by atoms with Gasteiger partial charge < -0.3 is 19.3 Å². The maximum absolute atomic E-state index is 13.1. The van der Waals surface area contributed by atoms with E-state index in [1.807, 2.05) is 24.3 Å². The molecule has 0 atom stereocenters. The molecule has 37 heavy (non-hydrogen) atoms. The molecule has 192 valence electrons. The summed E-state index contributed by atoms with van der Waals surface area (Å²) < 4.78 is 16.6. The van der Waals surface area contributed by atoms with Crippen molar-refractivity contribution < 1.29 is 28.9 Å². The van der Waals surface area contributed by atoms with E-state index in [0.29, 0.717) is 17.2 Å². The summed E-state index contributed by atoms with van der Waals surface area (Å²) in [5.41, 5.74) is 2.14. The maximum atomic E-state index is 13.1. The fraction of sp³-hybridized carbons (Fsp3) is 0.214. The van der Waals surface area contributed by atoms with Crippen LogP contribution < -0.4 is 9.47 Å². The minimum Gasteiger partial charge on any atom is -0.508 e. The molecule has 1 N–H and O–H groups in total. The third-order valence-corrected chi connectivity index (χ3v) is 5.24. The number of carbonyl (C=O) groups excluding carboxylic acids is 2. The molecule has 9 heteroatoms. The second kappa shape index (κ2) is 13.4. The van der Waals surface area contributed by atoms with Crippen molar-refractivity contribution in [1.29, 1.82) is 0 Å². The molecule has 0 saturated heterocycles. The van der Waals surface area contributed by atoms with E-state index in [0.717, 1.165) is 11.1 Å². The Morgan fingerprint density at radius 1 is 0.919 bits per heavy atom. The SMILES string of the molecule is CCOC(=O)Cn1cc(C/C(C(=O)/C=C/c2ccc(OC)cc2)=C(O)\C=C\c2ccc(OC)cc2)nn1. The molecule has 3 aromatic rings. The zero-order valence-corrected chi connectivity index (χ0v) is 21.0. The monoisotopic (exact) mass is 503 g/mol. The van der Waals surface area contributed by atoms with Crippen LogP contribution in [0.15, 0.2) is 78.2 Å². The Morgan fingerprint density at radius 2 is 1.49 bits per heavy atom. The minimum absolute atomic E-state index is 0.00734. The summed E-state index contributed by atoms with van der Waals surface area (Å²) in [6.45, 7) is 1.88. The highest BCUT2D eigenvalue weighted by Crippen LogP contribution is 2.18. The first kappa shape index (κ1) is 26.9. The Kier molecular flexibility index (Phi) is 9.78. The minimum atomic E-state index is -0.446. The number of benzene rings is 2. The Labute approximate surface area is 215 Å². The summed E-state index contributed by atoms with van der Waals surface area (Å²) in [4.78, 5) is 24.9. The van der Waals surface area contributed by atoms with Crippen LogP contribution in [-0.4, -0.2) is 52.7 Å². The van der Waals surface area contributed by atoms with Gasteiger partial charge >= 0.3 is 5.97 Å². The van der Waals surface area contributed by atoms with E-state index in [2.05, 4.69) is 10.3 Å². The Hall–Kier alpha value is -4.66. The lowest BCUT2D eigenvalue weighted by Gasteiger charge is -2.05. The van der Waals surface area contributed by atoms with Crippen LogP contribution in [-0.2, 0) is 27.3 Å². The molecule has 0 aliphatic heterocycles. The molecule has 0 saturated carbocycles. The number of allylic oxidation sites excluding steroid dienone is 3. The number of hydrogen-bond donors (Lipinski definition) is 1. The van der Waals surface area contributed by atoms with Crippen LogP contribution in [0.25, 0.3) is 12.2 Å². The van der Waals surface area contributed by atoms with Gasteiger partial charge in [0.15, 0.2) is 5.78 Å². The van der Waals surface area contributed by atoms with E-state index < -0.39 is 11.8 Å². The van der Waals surface area contributed by atoms with Crippen molar-refractivity contribution in [1.82, 2.24) is 15.0 Å². The fourth-order valence-corrected chi connectivity index (χ4v) is 3.30. The number of aromatic nitrogens is 3. The predicted octanol–water partition coefficient (Wildman–Crippen LogP) is 4.21. The summed E-state index contributed by atoms with van der Waals surface area (Å²) in [5, 5.41) is 18.8. The van der Waals surface area contributed by atoms with Gasteiger partial charge in [0.25, 0.3) is 0 Å². The summed E-state index contributed by atoms with van der Waals surface area (Å²) in [6.07, 6.45) is 7.73. The molecule has 9 nitrogen and oxygen atoms in total. The molecule has 0 radical (unpaired) electrons. The van der Waals surface area contributed by atoms with E-state index in [4.69, 9.17) is 14.2 Å². The number of esters is 1. The second-order valence-electron chi connectivity index (χ2n) is 7.83.